The summed E-state index contributed by atoms with van der Waals surface area (Å²) in [4.78, 5) is 14.0. The molecule has 1 heterocycles. The minimum Gasteiger partial charge on any atom is -0.298 e. The zero-order valence-electron chi connectivity index (χ0n) is 7.31. The van der Waals surface area contributed by atoms with Crippen LogP contribution in [0.3, 0.4) is 0 Å². The van der Waals surface area contributed by atoms with Gasteiger partial charge < -0.3 is 0 Å². The van der Waals surface area contributed by atoms with Crippen molar-refractivity contribution in [1.29, 1.82) is 0 Å². The smallest absolute Gasteiger partial charge is 0.193 e. The van der Waals surface area contributed by atoms with Gasteiger partial charge in [-0.25, -0.2) is 13.4 Å². The van der Waals surface area contributed by atoms with E-state index in [1.165, 1.54) is 12.3 Å². The second-order valence-corrected chi connectivity index (χ2v) is 4.71. The summed E-state index contributed by atoms with van der Waals surface area (Å²) in [5.74, 6) is 0. The highest BCUT2D eigenvalue weighted by atomic mass is 32.2. The van der Waals surface area contributed by atoms with Crippen molar-refractivity contribution in [3.63, 3.8) is 0 Å². The standard InChI is InChI=1S/C8H9NO3S/c1-6-3-7(5-10)4-9-8(6)13(2,11)12/h3-5H,1-2H3. The van der Waals surface area contributed by atoms with E-state index in [9.17, 15) is 13.2 Å². The Morgan fingerprint density at radius 3 is 2.46 bits per heavy atom. The minimum atomic E-state index is -3.29. The van der Waals surface area contributed by atoms with Crippen LogP contribution in [-0.2, 0) is 9.84 Å². The van der Waals surface area contributed by atoms with E-state index in [1.54, 1.807) is 6.92 Å². The van der Waals surface area contributed by atoms with Crippen LogP contribution in [0.5, 0.6) is 0 Å². The Bertz CT molecular complexity index is 437. The Labute approximate surface area is 76.5 Å². The first-order valence-electron chi connectivity index (χ1n) is 3.57. The van der Waals surface area contributed by atoms with E-state index in [0.717, 1.165) is 6.26 Å². The fraction of sp³-hybridized carbons (Fsp3) is 0.250. The molecule has 0 bridgehead atoms. The SMILES string of the molecule is Cc1cc(C=O)cnc1S(C)(=O)=O. The number of sulfone groups is 1. The molecule has 13 heavy (non-hydrogen) atoms. The van der Waals surface area contributed by atoms with Gasteiger partial charge in [0, 0.05) is 18.0 Å². The number of carbonyl (C=O) groups excluding carboxylic acids is 1. The molecule has 0 unspecified atom stereocenters. The molecule has 0 fully saturated rings. The molecule has 0 aliphatic heterocycles. The number of aromatic nitrogens is 1. The molecular weight excluding hydrogens is 190 g/mol. The molecule has 0 amide bonds. The lowest BCUT2D eigenvalue weighted by Gasteiger charge is -2.01. The summed E-state index contributed by atoms with van der Waals surface area (Å²) in [5.41, 5.74) is 0.872. The topological polar surface area (TPSA) is 64.1 Å². The number of aryl methyl sites for hydroxylation is 1. The molecule has 0 aliphatic carbocycles. The van der Waals surface area contributed by atoms with E-state index >= 15 is 0 Å². The first-order chi connectivity index (χ1) is 5.95. The van der Waals surface area contributed by atoms with Crippen molar-refractivity contribution < 1.29 is 13.2 Å². The van der Waals surface area contributed by atoms with Gasteiger partial charge in [0.1, 0.15) is 0 Å². The number of hydrogen-bond acceptors (Lipinski definition) is 4. The molecule has 0 atom stereocenters. The van der Waals surface area contributed by atoms with Gasteiger partial charge in [-0.3, -0.25) is 4.79 Å². The Balaban J connectivity index is 3.37. The molecule has 0 aliphatic rings. The maximum atomic E-state index is 11.1. The van der Waals surface area contributed by atoms with Gasteiger partial charge in [0.15, 0.2) is 21.1 Å². The predicted molar refractivity (Wildman–Crippen MR) is 47.5 cm³/mol. The fourth-order valence-corrected chi connectivity index (χ4v) is 1.92. The molecule has 5 heteroatoms. The summed E-state index contributed by atoms with van der Waals surface area (Å²) < 4.78 is 22.2. The van der Waals surface area contributed by atoms with Gasteiger partial charge in [-0.15, -0.1) is 0 Å². The third kappa shape index (κ3) is 2.12. The number of nitrogens with zero attached hydrogens (tertiary/aromatic N) is 1. The Hall–Kier alpha value is -1.23. The minimum absolute atomic E-state index is 0.0260. The van der Waals surface area contributed by atoms with E-state index in [4.69, 9.17) is 0 Å². The molecule has 1 aromatic heterocycles. The van der Waals surface area contributed by atoms with Gasteiger partial charge in [-0.05, 0) is 18.6 Å². The van der Waals surface area contributed by atoms with Gasteiger partial charge in [-0.2, -0.15) is 0 Å². The van der Waals surface area contributed by atoms with E-state index in [1.807, 2.05) is 0 Å². The number of aldehydes is 1. The van der Waals surface area contributed by atoms with Crippen LogP contribution < -0.4 is 0 Å². The Morgan fingerprint density at radius 1 is 1.46 bits per heavy atom. The van der Waals surface area contributed by atoms with Crippen molar-refractivity contribution in [1.82, 2.24) is 4.98 Å². The Morgan fingerprint density at radius 2 is 2.08 bits per heavy atom. The molecule has 0 saturated heterocycles. The van der Waals surface area contributed by atoms with Gasteiger partial charge in [0.2, 0.25) is 0 Å². The Kier molecular flexibility index (Phi) is 2.47. The maximum Gasteiger partial charge on any atom is 0.193 e. The summed E-state index contributed by atoms with van der Waals surface area (Å²) >= 11 is 0. The molecule has 0 N–H and O–H groups in total. The van der Waals surface area contributed by atoms with Crippen LogP contribution in [0.25, 0.3) is 0 Å². The zero-order chi connectivity index (χ0) is 10.1. The average molecular weight is 199 g/mol. The maximum absolute atomic E-state index is 11.1. The van der Waals surface area contributed by atoms with Crippen LogP contribution >= 0.6 is 0 Å². The molecular formula is C8H9NO3S. The highest BCUT2D eigenvalue weighted by Crippen LogP contribution is 2.11. The second kappa shape index (κ2) is 3.26. The summed E-state index contributed by atoms with van der Waals surface area (Å²) in [5, 5.41) is 0.0260. The van der Waals surface area contributed by atoms with E-state index in [0.29, 0.717) is 17.4 Å². The van der Waals surface area contributed by atoms with Crippen molar-refractivity contribution in [3.05, 3.63) is 23.4 Å². The second-order valence-electron chi connectivity index (χ2n) is 2.78. The lowest BCUT2D eigenvalue weighted by molar-refractivity contribution is 0.112. The molecule has 1 rings (SSSR count). The van der Waals surface area contributed by atoms with Crippen molar-refractivity contribution in [3.8, 4) is 0 Å². The van der Waals surface area contributed by atoms with Gasteiger partial charge in [0.25, 0.3) is 0 Å². The molecule has 0 spiro atoms. The summed E-state index contributed by atoms with van der Waals surface area (Å²) in [6, 6.07) is 1.50. The molecule has 0 radical (unpaired) electrons. The fourth-order valence-electron chi connectivity index (χ4n) is 1.04. The molecule has 4 nitrogen and oxygen atoms in total. The molecule has 70 valence electrons. The summed E-state index contributed by atoms with van der Waals surface area (Å²) in [7, 11) is -3.29. The normalized spacial score (nSPS) is 11.2. The van der Waals surface area contributed by atoms with E-state index in [-0.39, 0.29) is 5.03 Å². The monoisotopic (exact) mass is 199 g/mol. The van der Waals surface area contributed by atoms with Gasteiger partial charge >= 0.3 is 0 Å². The van der Waals surface area contributed by atoms with Crippen molar-refractivity contribution in [2.24, 2.45) is 0 Å². The summed E-state index contributed by atoms with van der Waals surface area (Å²) in [6.07, 6.45) is 2.96. The van der Waals surface area contributed by atoms with Crippen LogP contribution in [0, 0.1) is 6.92 Å². The van der Waals surface area contributed by atoms with Crippen LogP contribution in [-0.4, -0.2) is 25.9 Å². The highest BCUT2D eigenvalue weighted by molar-refractivity contribution is 7.90. The van der Waals surface area contributed by atoms with Crippen LogP contribution in [0.2, 0.25) is 0 Å². The summed E-state index contributed by atoms with van der Waals surface area (Å²) in [6.45, 7) is 1.61. The quantitative estimate of drug-likeness (QED) is 0.654. The van der Waals surface area contributed by atoms with Crippen LogP contribution in [0.15, 0.2) is 17.3 Å². The number of hydrogen-bond donors (Lipinski definition) is 0. The van der Waals surface area contributed by atoms with Gasteiger partial charge in [0.05, 0.1) is 0 Å². The predicted octanol–water partition coefficient (Wildman–Crippen LogP) is 0.606. The largest absolute Gasteiger partial charge is 0.298 e. The van der Waals surface area contributed by atoms with Crippen LogP contribution in [0.4, 0.5) is 0 Å². The van der Waals surface area contributed by atoms with Crippen molar-refractivity contribution in [2.75, 3.05) is 6.26 Å². The lowest BCUT2D eigenvalue weighted by Crippen LogP contribution is -2.03. The molecule has 0 aromatic carbocycles. The third-order valence-electron chi connectivity index (χ3n) is 1.54. The number of pyridine rings is 1. The highest BCUT2D eigenvalue weighted by Gasteiger charge is 2.12. The first-order valence-corrected chi connectivity index (χ1v) is 5.46. The van der Waals surface area contributed by atoms with E-state index < -0.39 is 9.84 Å². The number of rotatable bonds is 2. The first kappa shape index (κ1) is 9.85. The zero-order valence-corrected chi connectivity index (χ0v) is 8.13. The van der Waals surface area contributed by atoms with Crippen molar-refractivity contribution in [2.45, 2.75) is 11.9 Å². The molecule has 1 aromatic rings. The van der Waals surface area contributed by atoms with Crippen molar-refractivity contribution >= 4 is 16.1 Å². The van der Waals surface area contributed by atoms with Crippen LogP contribution in [0.1, 0.15) is 15.9 Å². The molecule has 0 saturated carbocycles. The third-order valence-corrected chi connectivity index (χ3v) is 2.67. The lowest BCUT2D eigenvalue weighted by atomic mass is 10.2. The number of carbonyl (C=O) groups is 1. The van der Waals surface area contributed by atoms with E-state index in [2.05, 4.69) is 4.98 Å². The van der Waals surface area contributed by atoms with Gasteiger partial charge in [-0.1, -0.05) is 0 Å². The average Bonchev–Trinajstić information content (AvgIpc) is 2.01.